The first-order valence-electron chi connectivity index (χ1n) is 19.4. The summed E-state index contributed by atoms with van der Waals surface area (Å²) in [5, 5.41) is 6.57. The van der Waals surface area contributed by atoms with Crippen LogP contribution in [0.3, 0.4) is 0 Å². The van der Waals surface area contributed by atoms with Crippen LogP contribution in [0.1, 0.15) is 77.1 Å². The third-order valence-corrected chi connectivity index (χ3v) is 10.8. The number of hydrogen-bond acceptors (Lipinski definition) is 10. The highest BCUT2D eigenvalue weighted by atomic mass is 17.2. The molecule has 4 N–H and O–H groups in total. The molecule has 2 fully saturated rings. The summed E-state index contributed by atoms with van der Waals surface area (Å²) in [5.41, 5.74) is 6.06. The van der Waals surface area contributed by atoms with Crippen LogP contribution in [0.4, 0.5) is 0 Å². The van der Waals surface area contributed by atoms with Crippen LogP contribution in [-0.2, 0) is 19.4 Å². The number of imidazole rings is 2. The lowest BCUT2D eigenvalue weighted by Crippen LogP contribution is -2.53. The predicted molar refractivity (Wildman–Crippen MR) is 212 cm³/mol. The number of rotatable bonds is 13. The SMILES string of the molecule is COOC=N[C@H](C(=O)N1CCC[C@H]1c1ncc(-c2ccc(-c3ccc(-c4cnc([C@@H]5CCCN5C(=O)[C@H](NC5=NCCN5)C(C)C)[nH]4)cc3)cc2)[nH]1)C(C)C. The number of H-pyrrole nitrogens is 2. The van der Waals surface area contributed by atoms with E-state index in [9.17, 15) is 9.59 Å². The lowest BCUT2D eigenvalue weighted by atomic mass is 10.0. The number of aliphatic imine (C=N–C) groups is 2. The van der Waals surface area contributed by atoms with Gasteiger partial charge in [0.1, 0.15) is 23.7 Å². The fourth-order valence-corrected chi connectivity index (χ4v) is 7.78. The summed E-state index contributed by atoms with van der Waals surface area (Å²) in [6.45, 7) is 10.9. The minimum atomic E-state index is -0.565. The molecule has 55 heavy (non-hydrogen) atoms. The van der Waals surface area contributed by atoms with E-state index in [4.69, 9.17) is 14.9 Å². The maximum Gasteiger partial charge on any atom is 0.248 e. The van der Waals surface area contributed by atoms with Crippen LogP contribution in [0.5, 0.6) is 0 Å². The molecule has 290 valence electrons. The minimum absolute atomic E-state index is 0.00127. The van der Waals surface area contributed by atoms with E-state index in [2.05, 4.69) is 97.9 Å². The molecule has 4 atom stereocenters. The summed E-state index contributed by atoms with van der Waals surface area (Å²) in [5.74, 6) is 2.44. The molecule has 0 bridgehead atoms. The van der Waals surface area contributed by atoms with Crippen molar-refractivity contribution in [2.24, 2.45) is 21.8 Å². The van der Waals surface area contributed by atoms with Crippen molar-refractivity contribution in [2.45, 2.75) is 77.5 Å². The van der Waals surface area contributed by atoms with Gasteiger partial charge in [-0.25, -0.2) is 15.0 Å². The quantitative estimate of drug-likeness (QED) is 0.0589. The van der Waals surface area contributed by atoms with Crippen LogP contribution in [-0.4, -0.2) is 99.3 Å². The van der Waals surface area contributed by atoms with Gasteiger partial charge in [0, 0.05) is 19.6 Å². The van der Waals surface area contributed by atoms with Crippen LogP contribution < -0.4 is 10.6 Å². The molecule has 0 aliphatic carbocycles. The molecule has 0 unspecified atom stereocenters. The van der Waals surface area contributed by atoms with Crippen molar-refractivity contribution < 1.29 is 19.4 Å². The zero-order valence-corrected chi connectivity index (χ0v) is 32.3. The van der Waals surface area contributed by atoms with Gasteiger partial charge in [-0.15, -0.1) is 0 Å². The van der Waals surface area contributed by atoms with Crippen molar-refractivity contribution in [3.63, 3.8) is 0 Å². The Morgan fingerprint density at radius 1 is 0.800 bits per heavy atom. The zero-order chi connectivity index (χ0) is 38.5. The molecule has 3 aliphatic rings. The van der Waals surface area contributed by atoms with Crippen molar-refractivity contribution >= 4 is 24.2 Å². The number of aromatic nitrogens is 4. The van der Waals surface area contributed by atoms with E-state index in [1.165, 1.54) is 13.5 Å². The van der Waals surface area contributed by atoms with E-state index in [0.717, 1.165) is 84.1 Å². The first kappa shape index (κ1) is 37.8. The second kappa shape index (κ2) is 16.9. The number of amides is 2. The fraction of sp³-hybridized carbons (Fsp3) is 0.463. The van der Waals surface area contributed by atoms with Gasteiger partial charge < -0.3 is 35.3 Å². The van der Waals surface area contributed by atoms with Crippen molar-refractivity contribution in [3.05, 3.63) is 72.6 Å². The van der Waals surface area contributed by atoms with Gasteiger partial charge in [0.15, 0.2) is 5.96 Å². The zero-order valence-electron chi connectivity index (χ0n) is 32.3. The molecule has 14 heteroatoms. The third-order valence-electron chi connectivity index (χ3n) is 10.8. The summed E-state index contributed by atoms with van der Waals surface area (Å²) >= 11 is 0. The average molecular weight is 749 g/mol. The molecule has 4 aromatic rings. The molecule has 2 aromatic carbocycles. The molecular formula is C41H52N10O4. The van der Waals surface area contributed by atoms with Gasteiger partial charge in [-0.3, -0.25) is 14.6 Å². The van der Waals surface area contributed by atoms with Crippen molar-refractivity contribution in [1.82, 2.24) is 40.4 Å². The fourth-order valence-electron chi connectivity index (χ4n) is 7.78. The molecule has 0 saturated carbocycles. The van der Waals surface area contributed by atoms with Crippen LogP contribution >= 0.6 is 0 Å². The topological polar surface area (TPSA) is 165 Å². The number of benzene rings is 2. The summed E-state index contributed by atoms with van der Waals surface area (Å²) in [6, 6.07) is 15.7. The first-order valence-corrected chi connectivity index (χ1v) is 19.4. The maximum absolute atomic E-state index is 13.8. The second-order valence-electron chi connectivity index (χ2n) is 15.1. The van der Waals surface area contributed by atoms with E-state index in [1.54, 1.807) is 0 Å². The van der Waals surface area contributed by atoms with Gasteiger partial charge in [0.2, 0.25) is 18.2 Å². The van der Waals surface area contributed by atoms with E-state index in [0.29, 0.717) is 19.0 Å². The third kappa shape index (κ3) is 8.29. The van der Waals surface area contributed by atoms with Gasteiger partial charge in [0.25, 0.3) is 0 Å². The molecule has 5 heterocycles. The summed E-state index contributed by atoms with van der Waals surface area (Å²) in [6.07, 6.45) is 8.44. The Morgan fingerprint density at radius 3 is 1.80 bits per heavy atom. The predicted octanol–water partition coefficient (Wildman–Crippen LogP) is 5.67. The molecule has 2 saturated heterocycles. The first-order chi connectivity index (χ1) is 26.7. The van der Waals surface area contributed by atoms with Gasteiger partial charge in [-0.2, -0.15) is 4.89 Å². The summed E-state index contributed by atoms with van der Waals surface area (Å²) < 4.78 is 0. The van der Waals surface area contributed by atoms with E-state index in [-0.39, 0.29) is 41.8 Å². The number of likely N-dealkylation sites (tertiary alicyclic amines) is 2. The Labute approximate surface area is 322 Å². The minimum Gasteiger partial charge on any atom is -0.355 e. The Morgan fingerprint density at radius 2 is 1.33 bits per heavy atom. The Bertz CT molecular complexity index is 1980. The second-order valence-corrected chi connectivity index (χ2v) is 15.1. The molecule has 3 aliphatic heterocycles. The Balaban J connectivity index is 0.993. The van der Waals surface area contributed by atoms with Crippen LogP contribution in [0.25, 0.3) is 33.6 Å². The molecule has 0 spiro atoms. The smallest absolute Gasteiger partial charge is 0.248 e. The highest BCUT2D eigenvalue weighted by molar-refractivity contribution is 5.90. The van der Waals surface area contributed by atoms with Crippen molar-refractivity contribution in [2.75, 3.05) is 33.3 Å². The highest BCUT2D eigenvalue weighted by Crippen LogP contribution is 2.35. The van der Waals surface area contributed by atoms with E-state index >= 15 is 0 Å². The summed E-state index contributed by atoms with van der Waals surface area (Å²) in [7, 11) is 1.40. The van der Waals surface area contributed by atoms with Gasteiger partial charge >= 0.3 is 0 Å². The van der Waals surface area contributed by atoms with E-state index in [1.807, 2.05) is 36.0 Å². The molecule has 7 rings (SSSR count). The number of aromatic amines is 2. The number of hydrogen-bond donors (Lipinski definition) is 4. The van der Waals surface area contributed by atoms with Crippen LogP contribution in [0.2, 0.25) is 0 Å². The molecule has 2 amide bonds. The number of carbonyl (C=O) groups is 2. The molecule has 0 radical (unpaired) electrons. The van der Waals surface area contributed by atoms with E-state index < -0.39 is 6.04 Å². The number of nitrogens with one attached hydrogen (secondary N) is 4. The van der Waals surface area contributed by atoms with Gasteiger partial charge in [0.05, 0.1) is 49.5 Å². The van der Waals surface area contributed by atoms with Gasteiger partial charge in [-0.1, -0.05) is 76.2 Å². The van der Waals surface area contributed by atoms with Gasteiger partial charge in [-0.05, 0) is 59.8 Å². The molecule has 14 nitrogen and oxygen atoms in total. The maximum atomic E-state index is 13.8. The standard InChI is InChI=1S/C41H52N10O4/c1-25(2)35(46-24-55-54-5)39(52)50-20-6-8-33(50)37-44-22-31(47-37)29-14-10-27(11-15-29)28-12-16-30(17-13-28)32-23-45-38(48-32)34-9-7-21-51(34)40(53)36(26(3)4)49-41-42-18-19-43-41/h10-17,22-26,33-36H,6-9,18-21H2,1-5H3,(H,44,47)(H,45,48)(H2,42,43,49)/t33-,34-,35-,36+/m0/s1. The number of guanidine groups is 1. The highest BCUT2D eigenvalue weighted by Gasteiger charge is 2.38. The normalized spacial score (nSPS) is 19.7. The average Bonchev–Trinajstić information content (AvgIpc) is 4.04. The number of nitrogens with zero attached hydrogens (tertiary/aromatic N) is 6. The van der Waals surface area contributed by atoms with Crippen LogP contribution in [0.15, 0.2) is 70.9 Å². The van der Waals surface area contributed by atoms with Crippen molar-refractivity contribution in [1.29, 1.82) is 0 Å². The number of carbonyl (C=O) groups excluding carboxylic acids is 2. The largest absolute Gasteiger partial charge is 0.355 e. The van der Waals surface area contributed by atoms with Crippen LogP contribution in [0, 0.1) is 11.8 Å². The molecular weight excluding hydrogens is 697 g/mol. The Kier molecular flexibility index (Phi) is 11.6. The van der Waals surface area contributed by atoms with Crippen molar-refractivity contribution in [3.8, 4) is 33.6 Å². The monoisotopic (exact) mass is 748 g/mol. The molecule has 2 aromatic heterocycles. The lowest BCUT2D eigenvalue weighted by molar-refractivity contribution is -0.188. The Hall–Kier alpha value is -5.50. The summed E-state index contributed by atoms with van der Waals surface area (Å²) in [4.78, 5) is 65.8. The lowest BCUT2D eigenvalue weighted by Gasteiger charge is -2.30.